The summed E-state index contributed by atoms with van der Waals surface area (Å²) in [4.78, 5) is 4.72. The smallest absolute Gasteiger partial charge is 0.155 e. The van der Waals surface area contributed by atoms with Crippen molar-refractivity contribution in [1.82, 2.24) is 10.6 Å². The van der Waals surface area contributed by atoms with Crippen molar-refractivity contribution in [1.29, 1.82) is 0 Å². The maximum atomic E-state index is 9.77. The van der Waals surface area contributed by atoms with Crippen LogP contribution < -0.4 is 22.1 Å². The standard InChI is InChI=1S/C17H33N4O4PS.C6H15N.2C2H6/c1-12(17(2,3)22)27-9-8-24-26-25-10-13(23-4)6-5-7-14-15(18)16(19)21-11-20-14;1-5(2)7-6(3)4;2*1-2/h11,13,16,22,26H,1,5-10,18-19H2,2-4H3,(H,20,21);5-7H,1-4H3;2*1-2H3. The second-order valence-electron chi connectivity index (χ2n) is 9.10. The Bertz CT molecular complexity index is 623. The monoisotopic (exact) mass is 581 g/mol. The van der Waals surface area contributed by atoms with Crippen LogP contribution in [0.5, 0.6) is 0 Å². The molecule has 1 aliphatic rings. The molecule has 0 bridgehead atoms. The van der Waals surface area contributed by atoms with Gasteiger partial charge < -0.3 is 41.0 Å². The first-order valence-corrected chi connectivity index (χ1v) is 15.5. The molecule has 1 heterocycles. The average Bonchev–Trinajstić information content (AvgIpc) is 2.86. The topological polar surface area (TPSA) is 136 Å². The number of ether oxygens (including phenoxy) is 1. The van der Waals surface area contributed by atoms with E-state index < -0.39 is 11.8 Å². The fourth-order valence-corrected chi connectivity index (χ4v) is 4.23. The normalized spacial score (nSPS) is 15.8. The van der Waals surface area contributed by atoms with Crippen LogP contribution in [0.25, 0.3) is 0 Å². The molecule has 1 aliphatic heterocycles. The quantitative estimate of drug-likeness (QED) is 0.122. The van der Waals surface area contributed by atoms with Crippen LogP contribution in [-0.4, -0.2) is 67.5 Å². The first-order chi connectivity index (χ1) is 17.9. The number of aliphatic imine (C=N–C) groups is 1. The highest BCUT2D eigenvalue weighted by Crippen LogP contribution is 2.26. The number of aliphatic hydroxyl groups is 1. The lowest BCUT2D eigenvalue weighted by atomic mass is 10.1. The highest BCUT2D eigenvalue weighted by atomic mass is 32.2. The van der Waals surface area contributed by atoms with E-state index >= 15 is 0 Å². The van der Waals surface area contributed by atoms with Gasteiger partial charge in [0.1, 0.15) is 6.17 Å². The fourth-order valence-electron chi connectivity index (χ4n) is 2.79. The number of nitrogens with one attached hydrogen (secondary N) is 2. The van der Waals surface area contributed by atoms with Crippen molar-refractivity contribution in [3.8, 4) is 0 Å². The Morgan fingerprint density at radius 2 is 1.79 bits per heavy atom. The number of rotatable bonds is 16. The average molecular weight is 582 g/mol. The van der Waals surface area contributed by atoms with Crippen molar-refractivity contribution in [2.75, 3.05) is 26.1 Å². The molecule has 9 nitrogen and oxygen atoms in total. The summed E-state index contributed by atoms with van der Waals surface area (Å²) in [5, 5.41) is 16.1. The third kappa shape index (κ3) is 24.3. The second-order valence-corrected chi connectivity index (χ2v) is 11.0. The molecule has 11 heteroatoms. The molecule has 0 radical (unpaired) electrons. The molecular formula is C27H60N5O4PS. The van der Waals surface area contributed by atoms with Gasteiger partial charge in [0.15, 0.2) is 9.03 Å². The Balaban J connectivity index is -0.000000946. The van der Waals surface area contributed by atoms with Crippen LogP contribution in [-0.2, 0) is 13.8 Å². The van der Waals surface area contributed by atoms with E-state index in [4.69, 9.17) is 25.3 Å². The van der Waals surface area contributed by atoms with E-state index in [-0.39, 0.29) is 15.1 Å². The van der Waals surface area contributed by atoms with E-state index in [1.807, 2.05) is 27.7 Å². The van der Waals surface area contributed by atoms with E-state index in [1.54, 1.807) is 27.3 Å². The summed E-state index contributed by atoms with van der Waals surface area (Å²) >= 11 is 1.49. The number of thioether (sulfide) groups is 1. The molecule has 3 atom stereocenters. The van der Waals surface area contributed by atoms with Crippen LogP contribution in [0.3, 0.4) is 0 Å². The van der Waals surface area contributed by atoms with Gasteiger partial charge in [-0.2, -0.15) is 0 Å². The lowest BCUT2D eigenvalue weighted by molar-refractivity contribution is 0.0516. The Labute approximate surface area is 240 Å². The van der Waals surface area contributed by atoms with Crippen LogP contribution >= 0.6 is 20.8 Å². The summed E-state index contributed by atoms with van der Waals surface area (Å²) in [5.74, 6) is 0.724. The van der Waals surface area contributed by atoms with Gasteiger partial charge in [-0.15, -0.1) is 11.8 Å². The molecule has 0 aromatic carbocycles. The van der Waals surface area contributed by atoms with Crippen LogP contribution in [0.4, 0.5) is 0 Å². The van der Waals surface area contributed by atoms with E-state index in [0.717, 1.165) is 35.6 Å². The third-order valence-electron chi connectivity index (χ3n) is 4.63. The number of allylic oxidation sites excluding steroid dienone is 1. The van der Waals surface area contributed by atoms with Crippen molar-refractivity contribution < 1.29 is 18.9 Å². The summed E-state index contributed by atoms with van der Waals surface area (Å²) in [6, 6.07) is 1.25. The molecule has 0 aliphatic carbocycles. The van der Waals surface area contributed by atoms with E-state index in [0.29, 0.717) is 31.0 Å². The summed E-state index contributed by atoms with van der Waals surface area (Å²) in [7, 11) is 1.63. The highest BCUT2D eigenvalue weighted by Gasteiger charge is 2.17. The lowest BCUT2D eigenvalue weighted by Crippen LogP contribution is -2.35. The van der Waals surface area contributed by atoms with Crippen molar-refractivity contribution in [3.63, 3.8) is 0 Å². The van der Waals surface area contributed by atoms with Crippen molar-refractivity contribution >= 4 is 27.1 Å². The molecule has 38 heavy (non-hydrogen) atoms. The number of methoxy groups -OCH3 is 1. The summed E-state index contributed by atoms with van der Waals surface area (Å²) in [6.07, 6.45) is 3.64. The summed E-state index contributed by atoms with van der Waals surface area (Å²) in [6.45, 7) is 24.9. The minimum absolute atomic E-state index is 0.00167. The van der Waals surface area contributed by atoms with Crippen molar-refractivity contribution in [3.05, 3.63) is 22.9 Å². The van der Waals surface area contributed by atoms with E-state index in [1.165, 1.54) is 11.8 Å². The molecule has 0 saturated heterocycles. The molecule has 0 saturated carbocycles. The SMILES string of the molecule is C=C(SCCOPOCC(CCCC1=C(N)C(N)N=CN1)OC)C(C)(C)O.CC.CC.CC(C)NC(C)C. The Morgan fingerprint density at radius 3 is 2.26 bits per heavy atom. The van der Waals surface area contributed by atoms with Gasteiger partial charge in [-0.3, -0.25) is 4.99 Å². The molecule has 0 fully saturated rings. The summed E-state index contributed by atoms with van der Waals surface area (Å²) < 4.78 is 16.5. The predicted octanol–water partition coefficient (Wildman–Crippen LogP) is 5.26. The zero-order valence-corrected chi connectivity index (χ0v) is 27.8. The molecule has 7 N–H and O–H groups in total. The number of nitrogens with two attached hydrogens (primary N) is 2. The first kappa shape index (κ1) is 41.8. The van der Waals surface area contributed by atoms with Gasteiger partial charge in [-0.05, 0) is 33.1 Å². The lowest BCUT2D eigenvalue weighted by Gasteiger charge is -2.20. The number of nitrogens with zero attached hydrogens (tertiary/aromatic N) is 1. The number of hydrogen-bond donors (Lipinski definition) is 5. The predicted molar refractivity (Wildman–Crippen MR) is 170 cm³/mol. The van der Waals surface area contributed by atoms with Gasteiger partial charge in [0.2, 0.25) is 0 Å². The Kier molecular flexibility index (Phi) is 29.1. The molecule has 0 spiro atoms. The van der Waals surface area contributed by atoms with Gasteiger partial charge in [-0.25, -0.2) is 0 Å². The molecule has 1 rings (SSSR count). The van der Waals surface area contributed by atoms with Gasteiger partial charge in [0, 0.05) is 35.5 Å². The summed E-state index contributed by atoms with van der Waals surface area (Å²) in [5.41, 5.74) is 12.4. The maximum Gasteiger partial charge on any atom is 0.155 e. The van der Waals surface area contributed by atoms with Crippen LogP contribution in [0.2, 0.25) is 0 Å². The Hall–Kier alpha value is -0.710. The second kappa shape index (κ2) is 26.5. The van der Waals surface area contributed by atoms with E-state index in [9.17, 15) is 5.11 Å². The molecule has 0 amide bonds. The number of hydrogen-bond acceptors (Lipinski definition) is 10. The highest BCUT2D eigenvalue weighted by molar-refractivity contribution is 8.03. The first-order valence-electron chi connectivity index (χ1n) is 13.7. The van der Waals surface area contributed by atoms with Crippen LogP contribution in [0.15, 0.2) is 27.9 Å². The van der Waals surface area contributed by atoms with Crippen molar-refractivity contribution in [2.45, 2.75) is 118 Å². The van der Waals surface area contributed by atoms with Gasteiger partial charge in [0.05, 0.1) is 37.0 Å². The van der Waals surface area contributed by atoms with Gasteiger partial charge in [-0.1, -0.05) is 62.0 Å². The minimum Gasteiger partial charge on any atom is -0.398 e. The molecule has 3 unspecified atom stereocenters. The Morgan fingerprint density at radius 1 is 1.21 bits per heavy atom. The molecule has 0 aromatic rings. The van der Waals surface area contributed by atoms with Crippen LogP contribution in [0, 0.1) is 0 Å². The zero-order chi connectivity index (χ0) is 30.1. The van der Waals surface area contributed by atoms with Gasteiger partial charge in [0.25, 0.3) is 0 Å². The van der Waals surface area contributed by atoms with Crippen LogP contribution in [0.1, 0.15) is 88.5 Å². The third-order valence-corrected chi connectivity index (χ3v) is 6.45. The molecular weight excluding hydrogens is 521 g/mol. The largest absolute Gasteiger partial charge is 0.398 e. The molecule has 228 valence electrons. The fraction of sp³-hybridized carbons (Fsp3) is 0.815. The van der Waals surface area contributed by atoms with Gasteiger partial charge >= 0.3 is 0 Å². The minimum atomic E-state index is -0.874. The van der Waals surface area contributed by atoms with Crippen molar-refractivity contribution in [2.24, 2.45) is 16.5 Å². The maximum absolute atomic E-state index is 9.77. The van der Waals surface area contributed by atoms with E-state index in [2.05, 4.69) is 49.9 Å². The molecule has 0 aromatic heterocycles. The zero-order valence-electron chi connectivity index (χ0n) is 26.0.